The molecule has 0 aliphatic rings. The normalized spacial score (nSPS) is 10.5. The van der Waals surface area contributed by atoms with E-state index in [1.807, 2.05) is 13.8 Å². The highest BCUT2D eigenvalue weighted by molar-refractivity contribution is 6.34. The molecule has 0 aliphatic carbocycles. The maximum atomic E-state index is 12.3. The number of carbonyl (C=O) groups is 1. The van der Waals surface area contributed by atoms with Gasteiger partial charge in [0.25, 0.3) is 0 Å². The van der Waals surface area contributed by atoms with Crippen molar-refractivity contribution in [3.05, 3.63) is 46.5 Å². The van der Waals surface area contributed by atoms with E-state index in [-0.39, 0.29) is 5.78 Å². The summed E-state index contributed by atoms with van der Waals surface area (Å²) in [5, 5.41) is 4.43. The predicted octanol–water partition coefficient (Wildman–Crippen LogP) is 2.49. The third-order valence-electron chi connectivity index (χ3n) is 2.59. The monoisotopic (exact) mass is 249 g/mol. The molecule has 2 aromatic rings. The minimum atomic E-state index is -0.139. The summed E-state index contributed by atoms with van der Waals surface area (Å²) >= 11 is 6.00. The van der Waals surface area contributed by atoms with Crippen molar-refractivity contribution in [1.29, 1.82) is 0 Å². The van der Waals surface area contributed by atoms with Crippen LogP contribution in [-0.2, 0) is 6.54 Å². The molecule has 0 radical (unpaired) electrons. The molecule has 88 valence electrons. The van der Waals surface area contributed by atoms with E-state index in [4.69, 9.17) is 11.6 Å². The quantitative estimate of drug-likeness (QED) is 0.786. The maximum Gasteiger partial charge on any atom is 0.214 e. The van der Waals surface area contributed by atoms with E-state index in [1.165, 1.54) is 6.20 Å². The number of carbonyl (C=O) groups excluding carboxylic acids is 1. The summed E-state index contributed by atoms with van der Waals surface area (Å²) in [7, 11) is 0. The largest absolute Gasteiger partial charge is 0.287 e. The summed E-state index contributed by atoms with van der Waals surface area (Å²) < 4.78 is 1.59. The van der Waals surface area contributed by atoms with Crippen molar-refractivity contribution in [2.45, 2.75) is 20.4 Å². The molecule has 0 unspecified atom stereocenters. The van der Waals surface area contributed by atoms with E-state index in [2.05, 4.69) is 10.1 Å². The topological polar surface area (TPSA) is 47.8 Å². The maximum absolute atomic E-state index is 12.3. The number of ketones is 1. The van der Waals surface area contributed by atoms with Crippen molar-refractivity contribution in [3.63, 3.8) is 0 Å². The molecular weight excluding hydrogens is 238 g/mol. The summed E-state index contributed by atoms with van der Waals surface area (Å²) in [4.78, 5) is 16.3. The molecule has 0 aliphatic heterocycles. The summed E-state index contributed by atoms with van der Waals surface area (Å²) in [6.07, 6.45) is 4.70. The second-order valence-electron chi connectivity index (χ2n) is 3.68. The number of aryl methyl sites for hydroxylation is 2. The number of halogens is 1. The van der Waals surface area contributed by atoms with Gasteiger partial charge in [0, 0.05) is 24.5 Å². The zero-order valence-corrected chi connectivity index (χ0v) is 10.4. The first-order valence-corrected chi connectivity index (χ1v) is 5.69. The van der Waals surface area contributed by atoms with Gasteiger partial charge in [-0.2, -0.15) is 5.10 Å². The van der Waals surface area contributed by atoms with Crippen molar-refractivity contribution in [2.75, 3.05) is 0 Å². The summed E-state index contributed by atoms with van der Waals surface area (Å²) in [5.41, 5.74) is 1.86. The van der Waals surface area contributed by atoms with Gasteiger partial charge in [-0.15, -0.1) is 0 Å². The van der Waals surface area contributed by atoms with Gasteiger partial charge in [0.15, 0.2) is 0 Å². The lowest BCUT2D eigenvalue weighted by atomic mass is 10.1. The van der Waals surface area contributed by atoms with E-state index in [0.717, 1.165) is 5.56 Å². The van der Waals surface area contributed by atoms with E-state index in [0.29, 0.717) is 22.8 Å². The molecule has 5 heteroatoms. The minimum absolute atomic E-state index is 0.139. The standard InChI is InChI=1S/C12H12ClN3O/c1-3-16-11(10(13)7-15-16)12(17)9-6-14-5-4-8(9)2/h4-7H,3H2,1-2H3. The van der Waals surface area contributed by atoms with Crippen LogP contribution >= 0.6 is 11.6 Å². The molecular formula is C12H12ClN3O. The van der Waals surface area contributed by atoms with Crippen molar-refractivity contribution < 1.29 is 4.79 Å². The molecule has 0 amide bonds. The van der Waals surface area contributed by atoms with E-state index >= 15 is 0 Å². The molecule has 2 heterocycles. The highest BCUT2D eigenvalue weighted by atomic mass is 35.5. The second kappa shape index (κ2) is 4.67. The molecule has 0 spiro atoms. The lowest BCUT2D eigenvalue weighted by Crippen LogP contribution is -2.12. The zero-order chi connectivity index (χ0) is 12.4. The Balaban J connectivity index is 2.51. The Morgan fingerprint density at radius 1 is 1.47 bits per heavy atom. The molecule has 2 aromatic heterocycles. The highest BCUT2D eigenvalue weighted by Gasteiger charge is 2.19. The molecule has 17 heavy (non-hydrogen) atoms. The summed E-state index contributed by atoms with van der Waals surface area (Å²) in [6.45, 7) is 4.39. The van der Waals surface area contributed by atoms with E-state index in [1.54, 1.807) is 23.1 Å². The Labute approximate surface area is 104 Å². The van der Waals surface area contributed by atoms with Gasteiger partial charge in [0.1, 0.15) is 5.69 Å². The highest BCUT2D eigenvalue weighted by Crippen LogP contribution is 2.20. The van der Waals surface area contributed by atoms with Crippen molar-refractivity contribution in [3.8, 4) is 0 Å². The molecule has 0 aromatic carbocycles. The molecule has 0 atom stereocenters. The Morgan fingerprint density at radius 3 is 2.88 bits per heavy atom. The lowest BCUT2D eigenvalue weighted by molar-refractivity contribution is 0.102. The average Bonchev–Trinajstić information content (AvgIpc) is 2.70. The smallest absolute Gasteiger partial charge is 0.214 e. The number of hydrogen-bond acceptors (Lipinski definition) is 3. The Morgan fingerprint density at radius 2 is 2.24 bits per heavy atom. The fourth-order valence-corrected chi connectivity index (χ4v) is 1.88. The third kappa shape index (κ3) is 2.08. The second-order valence-corrected chi connectivity index (χ2v) is 4.08. The Bertz CT molecular complexity index is 563. The zero-order valence-electron chi connectivity index (χ0n) is 9.64. The van der Waals surface area contributed by atoms with Crippen LogP contribution in [0.3, 0.4) is 0 Å². The van der Waals surface area contributed by atoms with Gasteiger partial charge in [0.05, 0.1) is 11.2 Å². The van der Waals surface area contributed by atoms with Crippen LogP contribution in [0.2, 0.25) is 5.02 Å². The van der Waals surface area contributed by atoms with Crippen LogP contribution in [0.15, 0.2) is 24.7 Å². The number of nitrogens with zero attached hydrogens (tertiary/aromatic N) is 3. The number of pyridine rings is 1. The van der Waals surface area contributed by atoms with E-state index in [9.17, 15) is 4.79 Å². The summed E-state index contributed by atoms with van der Waals surface area (Å²) in [5.74, 6) is -0.139. The molecule has 0 saturated carbocycles. The molecule has 0 saturated heterocycles. The average molecular weight is 250 g/mol. The molecule has 0 N–H and O–H groups in total. The number of aromatic nitrogens is 3. The van der Waals surface area contributed by atoms with E-state index < -0.39 is 0 Å². The van der Waals surface area contributed by atoms with Crippen molar-refractivity contribution >= 4 is 17.4 Å². The van der Waals surface area contributed by atoms with Crippen molar-refractivity contribution in [1.82, 2.24) is 14.8 Å². The van der Waals surface area contributed by atoms with Gasteiger partial charge >= 0.3 is 0 Å². The SMILES string of the molecule is CCn1ncc(Cl)c1C(=O)c1cnccc1C. The predicted molar refractivity (Wildman–Crippen MR) is 65.3 cm³/mol. The van der Waals surface area contributed by atoms with Crippen LogP contribution in [0.1, 0.15) is 28.5 Å². The molecule has 0 fully saturated rings. The van der Waals surface area contributed by atoms with Gasteiger partial charge < -0.3 is 0 Å². The first-order valence-electron chi connectivity index (χ1n) is 5.31. The Hall–Kier alpha value is -1.68. The number of hydrogen-bond donors (Lipinski definition) is 0. The minimum Gasteiger partial charge on any atom is -0.287 e. The number of rotatable bonds is 3. The third-order valence-corrected chi connectivity index (χ3v) is 2.87. The van der Waals surface area contributed by atoms with Gasteiger partial charge in [-0.05, 0) is 25.5 Å². The van der Waals surface area contributed by atoms with Gasteiger partial charge in [-0.25, -0.2) is 0 Å². The fourth-order valence-electron chi connectivity index (χ4n) is 1.66. The molecule has 0 bridgehead atoms. The van der Waals surface area contributed by atoms with Crippen LogP contribution in [0.5, 0.6) is 0 Å². The Kier molecular flexibility index (Phi) is 3.24. The van der Waals surface area contributed by atoms with Crippen LogP contribution in [0, 0.1) is 6.92 Å². The molecule has 2 rings (SSSR count). The first-order chi connectivity index (χ1) is 8.15. The first kappa shape index (κ1) is 11.8. The van der Waals surface area contributed by atoms with Gasteiger partial charge in [-0.1, -0.05) is 11.6 Å². The van der Waals surface area contributed by atoms with Crippen LogP contribution < -0.4 is 0 Å². The van der Waals surface area contributed by atoms with Crippen LogP contribution in [-0.4, -0.2) is 20.5 Å². The van der Waals surface area contributed by atoms with Crippen molar-refractivity contribution in [2.24, 2.45) is 0 Å². The summed E-state index contributed by atoms with van der Waals surface area (Å²) in [6, 6.07) is 1.80. The lowest BCUT2D eigenvalue weighted by Gasteiger charge is -2.06. The van der Waals surface area contributed by atoms with Gasteiger partial charge in [0.2, 0.25) is 5.78 Å². The van der Waals surface area contributed by atoms with Crippen LogP contribution in [0.4, 0.5) is 0 Å². The van der Waals surface area contributed by atoms with Crippen LogP contribution in [0.25, 0.3) is 0 Å². The fraction of sp³-hybridized carbons (Fsp3) is 0.250. The molecule has 4 nitrogen and oxygen atoms in total. The van der Waals surface area contributed by atoms with Gasteiger partial charge in [-0.3, -0.25) is 14.5 Å².